The van der Waals surface area contributed by atoms with Crippen molar-refractivity contribution in [2.75, 3.05) is 4.72 Å². The van der Waals surface area contributed by atoms with Gasteiger partial charge >= 0.3 is 0 Å². The fourth-order valence-corrected chi connectivity index (χ4v) is 3.11. The number of hydrogen-bond donors (Lipinski definition) is 2. The van der Waals surface area contributed by atoms with Gasteiger partial charge in [0.05, 0.1) is 4.90 Å². The third-order valence-corrected chi connectivity index (χ3v) is 5.16. The van der Waals surface area contributed by atoms with Crippen LogP contribution in [0.5, 0.6) is 0 Å². The summed E-state index contributed by atoms with van der Waals surface area (Å²) < 4.78 is 27.2. The maximum atomic E-state index is 12.3. The van der Waals surface area contributed by atoms with Crippen molar-refractivity contribution in [3.05, 3.63) is 59.1 Å². The van der Waals surface area contributed by atoms with Crippen LogP contribution in [0.25, 0.3) is 0 Å². The first kappa shape index (κ1) is 18.3. The lowest BCUT2D eigenvalue weighted by Gasteiger charge is -2.12. The van der Waals surface area contributed by atoms with E-state index in [1.807, 2.05) is 13.8 Å². The molecule has 2 aromatic rings. The molecule has 2 aromatic carbocycles. The van der Waals surface area contributed by atoms with Crippen LogP contribution in [-0.4, -0.2) is 20.4 Å². The van der Waals surface area contributed by atoms with Crippen molar-refractivity contribution in [1.29, 1.82) is 0 Å². The predicted octanol–water partition coefficient (Wildman–Crippen LogP) is 3.67. The predicted molar refractivity (Wildman–Crippen MR) is 95.9 cm³/mol. The summed E-state index contributed by atoms with van der Waals surface area (Å²) in [5.41, 5.74) is 0.832. The number of anilines is 1. The number of halogens is 1. The highest BCUT2D eigenvalue weighted by molar-refractivity contribution is 7.92. The molecular weight excluding hydrogens is 348 g/mol. The van der Waals surface area contributed by atoms with Crippen molar-refractivity contribution in [1.82, 2.24) is 5.32 Å². The Morgan fingerprint density at radius 3 is 2.21 bits per heavy atom. The Labute approximate surface area is 147 Å². The molecule has 0 fully saturated rings. The van der Waals surface area contributed by atoms with E-state index in [1.165, 1.54) is 24.3 Å². The van der Waals surface area contributed by atoms with Gasteiger partial charge in [-0.15, -0.1) is 0 Å². The van der Waals surface area contributed by atoms with Crippen molar-refractivity contribution in [2.24, 2.45) is 0 Å². The highest BCUT2D eigenvalue weighted by Gasteiger charge is 2.15. The van der Waals surface area contributed by atoms with Gasteiger partial charge in [0, 0.05) is 22.3 Å². The zero-order chi connectivity index (χ0) is 17.7. The molecule has 0 aliphatic heterocycles. The van der Waals surface area contributed by atoms with Crippen LogP contribution in [0.15, 0.2) is 53.4 Å². The largest absolute Gasteiger partial charge is 0.350 e. The molecule has 2 N–H and O–H groups in total. The molecule has 0 bridgehead atoms. The second-order valence-corrected chi connectivity index (χ2v) is 7.54. The Bertz CT molecular complexity index is 803. The average Bonchev–Trinajstić information content (AvgIpc) is 2.56. The summed E-state index contributed by atoms with van der Waals surface area (Å²) in [5.74, 6) is -0.223. The lowest BCUT2D eigenvalue weighted by molar-refractivity contribution is 0.0939. The molecular formula is C17H19ClN2O3S. The number of hydrogen-bond acceptors (Lipinski definition) is 3. The Hall–Kier alpha value is -2.05. The van der Waals surface area contributed by atoms with Crippen LogP contribution in [0.2, 0.25) is 5.02 Å². The third-order valence-electron chi connectivity index (χ3n) is 3.51. The molecule has 128 valence electrons. The second kappa shape index (κ2) is 7.68. The molecule has 7 heteroatoms. The first-order chi connectivity index (χ1) is 11.3. The van der Waals surface area contributed by atoms with Gasteiger partial charge in [-0.05, 0) is 61.9 Å². The summed E-state index contributed by atoms with van der Waals surface area (Å²) in [6.07, 6.45) is 0.823. The number of carbonyl (C=O) groups excluding carboxylic acids is 1. The van der Waals surface area contributed by atoms with Crippen LogP contribution >= 0.6 is 11.6 Å². The Balaban J connectivity index is 2.14. The Morgan fingerprint density at radius 2 is 1.67 bits per heavy atom. The van der Waals surface area contributed by atoms with E-state index in [2.05, 4.69) is 10.0 Å². The number of benzene rings is 2. The zero-order valence-electron chi connectivity index (χ0n) is 13.4. The first-order valence-electron chi connectivity index (χ1n) is 7.51. The van der Waals surface area contributed by atoms with Gasteiger partial charge in [-0.1, -0.05) is 18.5 Å². The van der Waals surface area contributed by atoms with E-state index in [9.17, 15) is 13.2 Å². The lowest BCUT2D eigenvalue weighted by atomic mass is 10.2. The highest BCUT2D eigenvalue weighted by Crippen LogP contribution is 2.18. The monoisotopic (exact) mass is 366 g/mol. The highest BCUT2D eigenvalue weighted by atomic mass is 35.5. The van der Waals surface area contributed by atoms with Crippen LogP contribution in [0.4, 0.5) is 5.69 Å². The van der Waals surface area contributed by atoms with E-state index in [0.717, 1.165) is 6.42 Å². The lowest BCUT2D eigenvalue weighted by Crippen LogP contribution is -2.31. The summed E-state index contributed by atoms with van der Waals surface area (Å²) in [4.78, 5) is 12.1. The Morgan fingerprint density at radius 1 is 1.08 bits per heavy atom. The van der Waals surface area contributed by atoms with Crippen LogP contribution < -0.4 is 10.0 Å². The molecule has 0 heterocycles. The van der Waals surface area contributed by atoms with Gasteiger partial charge in [-0.25, -0.2) is 8.42 Å². The molecule has 0 saturated heterocycles. The van der Waals surface area contributed by atoms with Crippen LogP contribution in [0.1, 0.15) is 30.6 Å². The molecule has 0 radical (unpaired) electrons. The maximum absolute atomic E-state index is 12.3. The van der Waals surface area contributed by atoms with Crippen LogP contribution in [-0.2, 0) is 10.0 Å². The molecule has 0 aliphatic carbocycles. The first-order valence-corrected chi connectivity index (χ1v) is 9.37. The molecule has 2 rings (SSSR count). The molecule has 1 unspecified atom stereocenters. The topological polar surface area (TPSA) is 75.3 Å². The van der Waals surface area contributed by atoms with E-state index >= 15 is 0 Å². The number of carbonyl (C=O) groups is 1. The number of sulfonamides is 1. The van der Waals surface area contributed by atoms with Crippen LogP contribution in [0.3, 0.4) is 0 Å². The quantitative estimate of drug-likeness (QED) is 0.819. The minimum atomic E-state index is -3.72. The third kappa shape index (κ3) is 4.72. The van der Waals surface area contributed by atoms with Gasteiger partial charge in [0.25, 0.3) is 15.9 Å². The van der Waals surface area contributed by atoms with E-state index in [0.29, 0.717) is 16.3 Å². The fourth-order valence-electron chi connectivity index (χ4n) is 1.93. The number of amides is 1. The van der Waals surface area contributed by atoms with E-state index in [4.69, 9.17) is 11.6 Å². The van der Waals surface area contributed by atoms with Crippen molar-refractivity contribution >= 4 is 33.2 Å². The Kier molecular flexibility index (Phi) is 5.85. The number of nitrogens with one attached hydrogen (secondary N) is 2. The van der Waals surface area contributed by atoms with Crippen molar-refractivity contribution < 1.29 is 13.2 Å². The summed E-state index contributed by atoms with van der Waals surface area (Å²) in [5, 5.41) is 3.36. The fraction of sp³-hybridized carbons (Fsp3) is 0.235. The van der Waals surface area contributed by atoms with Crippen LogP contribution in [0, 0.1) is 0 Å². The summed E-state index contributed by atoms with van der Waals surface area (Å²) in [6, 6.07) is 12.2. The molecule has 0 aliphatic rings. The summed E-state index contributed by atoms with van der Waals surface area (Å²) in [7, 11) is -3.72. The van der Waals surface area contributed by atoms with Crippen molar-refractivity contribution in [3.63, 3.8) is 0 Å². The van der Waals surface area contributed by atoms with E-state index in [-0.39, 0.29) is 16.8 Å². The van der Waals surface area contributed by atoms with Gasteiger partial charge in [-0.2, -0.15) is 0 Å². The SMILES string of the molecule is CCC(C)NC(=O)c1ccc(S(=O)(=O)Nc2ccc(Cl)cc2)cc1. The normalized spacial score (nSPS) is 12.5. The van der Waals surface area contributed by atoms with E-state index in [1.54, 1.807) is 24.3 Å². The summed E-state index contributed by atoms with van der Waals surface area (Å²) >= 11 is 5.78. The molecule has 24 heavy (non-hydrogen) atoms. The molecule has 0 aromatic heterocycles. The standard InChI is InChI=1S/C17H19ClN2O3S/c1-3-12(2)19-17(21)13-4-10-16(11-5-13)24(22,23)20-15-8-6-14(18)7-9-15/h4-12,20H,3H2,1-2H3,(H,19,21). The number of rotatable bonds is 6. The smallest absolute Gasteiger partial charge is 0.261 e. The van der Waals surface area contributed by atoms with Crippen molar-refractivity contribution in [3.8, 4) is 0 Å². The molecule has 1 amide bonds. The van der Waals surface area contributed by atoms with Gasteiger partial charge < -0.3 is 5.32 Å². The minimum absolute atomic E-state index is 0.0625. The average molecular weight is 367 g/mol. The molecule has 0 spiro atoms. The van der Waals surface area contributed by atoms with Gasteiger partial charge in [0.15, 0.2) is 0 Å². The van der Waals surface area contributed by atoms with E-state index < -0.39 is 10.0 Å². The molecule has 1 atom stereocenters. The molecule has 5 nitrogen and oxygen atoms in total. The van der Waals surface area contributed by atoms with Gasteiger partial charge in [0.1, 0.15) is 0 Å². The van der Waals surface area contributed by atoms with Gasteiger partial charge in [0.2, 0.25) is 0 Å². The second-order valence-electron chi connectivity index (χ2n) is 5.42. The molecule has 0 saturated carbocycles. The minimum Gasteiger partial charge on any atom is -0.350 e. The maximum Gasteiger partial charge on any atom is 0.261 e. The zero-order valence-corrected chi connectivity index (χ0v) is 15.0. The van der Waals surface area contributed by atoms with Gasteiger partial charge in [-0.3, -0.25) is 9.52 Å². The van der Waals surface area contributed by atoms with Crippen molar-refractivity contribution in [2.45, 2.75) is 31.2 Å². The summed E-state index contributed by atoms with van der Waals surface area (Å²) in [6.45, 7) is 3.88.